The molecule has 0 bridgehead atoms. The van der Waals surface area contributed by atoms with Gasteiger partial charge in [-0.15, -0.1) is 24.8 Å². The molecule has 18 heavy (non-hydrogen) atoms. The van der Waals surface area contributed by atoms with Crippen LogP contribution in [0, 0.1) is 0 Å². The van der Waals surface area contributed by atoms with E-state index in [1.54, 1.807) is 6.07 Å². The van der Waals surface area contributed by atoms with E-state index in [1.807, 2.05) is 6.07 Å². The predicted octanol–water partition coefficient (Wildman–Crippen LogP) is 4.85. The summed E-state index contributed by atoms with van der Waals surface area (Å²) in [5.41, 5.74) is 0.877. The van der Waals surface area contributed by atoms with E-state index in [-0.39, 0.29) is 17.0 Å². The van der Waals surface area contributed by atoms with Crippen molar-refractivity contribution in [3.63, 3.8) is 0 Å². The Bertz CT molecular complexity index is 405. The summed E-state index contributed by atoms with van der Waals surface area (Å²) in [5.74, 6) is 0.0785. The van der Waals surface area contributed by atoms with Gasteiger partial charge < -0.3 is 4.74 Å². The zero-order chi connectivity index (χ0) is 13.2. The number of alkyl halides is 4. The van der Waals surface area contributed by atoms with E-state index in [2.05, 4.69) is 4.74 Å². The van der Waals surface area contributed by atoms with Gasteiger partial charge in [-0.05, 0) is 42.9 Å². The van der Waals surface area contributed by atoms with Gasteiger partial charge in [0.05, 0.1) is 0 Å². The van der Waals surface area contributed by atoms with Crippen LogP contribution in [0.1, 0.15) is 37.2 Å². The molecule has 2 unspecified atom stereocenters. The standard InChI is InChI=1S/C13H14ClF3O/c14-11-5-1-3-9(7-11)10-4-2-6-12(8-10)18-13(15,16)17/h2,4,6,8-9,11H,1,3,5,7H2. The fraction of sp³-hybridized carbons (Fsp3) is 0.538. The van der Waals surface area contributed by atoms with Crippen molar-refractivity contribution >= 4 is 11.6 Å². The topological polar surface area (TPSA) is 9.23 Å². The zero-order valence-corrected chi connectivity index (χ0v) is 10.5. The third-order valence-corrected chi connectivity index (χ3v) is 3.57. The molecule has 1 aliphatic rings. The SMILES string of the molecule is FC(F)(F)Oc1cccc(C2CCCC(Cl)C2)c1. The fourth-order valence-corrected chi connectivity index (χ4v) is 2.77. The summed E-state index contributed by atoms with van der Waals surface area (Å²) in [6.07, 6.45) is -0.851. The Kier molecular flexibility index (Phi) is 4.05. The summed E-state index contributed by atoms with van der Waals surface area (Å²) in [6, 6.07) is 6.21. The van der Waals surface area contributed by atoms with Gasteiger partial charge >= 0.3 is 6.36 Å². The van der Waals surface area contributed by atoms with Crippen molar-refractivity contribution in [1.82, 2.24) is 0 Å². The summed E-state index contributed by atoms with van der Waals surface area (Å²) in [4.78, 5) is 0. The summed E-state index contributed by atoms with van der Waals surface area (Å²) in [5, 5.41) is 0.121. The average molecular weight is 279 g/mol. The van der Waals surface area contributed by atoms with Crippen LogP contribution in [0.15, 0.2) is 24.3 Å². The smallest absolute Gasteiger partial charge is 0.406 e. The Hall–Kier alpha value is -0.900. The summed E-state index contributed by atoms with van der Waals surface area (Å²) in [6.45, 7) is 0. The van der Waals surface area contributed by atoms with E-state index < -0.39 is 6.36 Å². The third-order valence-electron chi connectivity index (χ3n) is 3.17. The summed E-state index contributed by atoms with van der Waals surface area (Å²) >= 11 is 6.10. The molecular weight excluding hydrogens is 265 g/mol. The van der Waals surface area contributed by atoms with Crippen molar-refractivity contribution in [2.45, 2.75) is 43.3 Å². The first kappa shape index (κ1) is 13.5. The molecule has 0 heterocycles. The fourth-order valence-electron chi connectivity index (χ4n) is 2.40. The second-order valence-corrected chi connectivity index (χ2v) is 5.20. The van der Waals surface area contributed by atoms with Gasteiger partial charge in [-0.1, -0.05) is 18.6 Å². The molecular formula is C13H14ClF3O. The summed E-state index contributed by atoms with van der Waals surface area (Å²) in [7, 11) is 0. The van der Waals surface area contributed by atoms with Gasteiger partial charge in [0.2, 0.25) is 0 Å². The lowest BCUT2D eigenvalue weighted by atomic mass is 9.84. The van der Waals surface area contributed by atoms with Crippen LogP contribution >= 0.6 is 11.6 Å². The number of hydrogen-bond acceptors (Lipinski definition) is 1. The first-order valence-corrected chi connectivity index (χ1v) is 6.37. The maximum absolute atomic E-state index is 12.1. The van der Waals surface area contributed by atoms with Gasteiger partial charge in [0.25, 0.3) is 0 Å². The molecule has 2 atom stereocenters. The second kappa shape index (κ2) is 5.39. The van der Waals surface area contributed by atoms with Crippen molar-refractivity contribution in [3.05, 3.63) is 29.8 Å². The molecule has 0 amide bonds. The van der Waals surface area contributed by atoms with Crippen LogP contribution in [-0.4, -0.2) is 11.7 Å². The van der Waals surface area contributed by atoms with Crippen LogP contribution < -0.4 is 4.74 Å². The molecule has 0 spiro atoms. The molecule has 0 N–H and O–H groups in total. The number of hydrogen-bond donors (Lipinski definition) is 0. The molecule has 1 fully saturated rings. The Morgan fingerprint density at radius 2 is 2.00 bits per heavy atom. The number of ether oxygens (including phenoxy) is 1. The van der Waals surface area contributed by atoms with Crippen LogP contribution in [0.2, 0.25) is 0 Å². The molecule has 0 saturated heterocycles. The van der Waals surface area contributed by atoms with Crippen molar-refractivity contribution in [2.75, 3.05) is 0 Å². The van der Waals surface area contributed by atoms with Crippen molar-refractivity contribution < 1.29 is 17.9 Å². The lowest BCUT2D eigenvalue weighted by Gasteiger charge is -2.26. The third kappa shape index (κ3) is 3.80. The van der Waals surface area contributed by atoms with Crippen LogP contribution in [-0.2, 0) is 0 Å². The van der Waals surface area contributed by atoms with Gasteiger partial charge in [0.1, 0.15) is 5.75 Å². The summed E-state index contributed by atoms with van der Waals surface area (Å²) < 4.78 is 40.3. The van der Waals surface area contributed by atoms with Crippen LogP contribution in [0.3, 0.4) is 0 Å². The van der Waals surface area contributed by atoms with Gasteiger partial charge in [-0.2, -0.15) is 0 Å². The molecule has 1 aromatic rings. The van der Waals surface area contributed by atoms with E-state index in [1.165, 1.54) is 12.1 Å². The van der Waals surface area contributed by atoms with E-state index in [0.29, 0.717) is 0 Å². The molecule has 0 aromatic heterocycles. The van der Waals surface area contributed by atoms with Crippen LogP contribution in [0.4, 0.5) is 13.2 Å². The number of halogens is 4. The minimum absolute atomic E-state index is 0.121. The van der Waals surface area contributed by atoms with Crippen molar-refractivity contribution in [3.8, 4) is 5.75 Å². The molecule has 0 aliphatic heterocycles. The number of rotatable bonds is 2. The Morgan fingerprint density at radius 3 is 2.67 bits per heavy atom. The second-order valence-electron chi connectivity index (χ2n) is 4.58. The van der Waals surface area contributed by atoms with Gasteiger partial charge in [0, 0.05) is 5.38 Å². The van der Waals surface area contributed by atoms with E-state index in [0.717, 1.165) is 31.2 Å². The highest BCUT2D eigenvalue weighted by molar-refractivity contribution is 6.20. The largest absolute Gasteiger partial charge is 0.573 e. The quantitative estimate of drug-likeness (QED) is 0.703. The van der Waals surface area contributed by atoms with Gasteiger partial charge in [-0.3, -0.25) is 0 Å². The highest BCUT2D eigenvalue weighted by Crippen LogP contribution is 2.36. The first-order valence-electron chi connectivity index (χ1n) is 5.94. The molecule has 1 aliphatic carbocycles. The van der Waals surface area contributed by atoms with Gasteiger partial charge in [-0.25, -0.2) is 0 Å². The zero-order valence-electron chi connectivity index (χ0n) is 9.71. The average Bonchev–Trinajstić information content (AvgIpc) is 2.27. The number of benzene rings is 1. The highest BCUT2D eigenvalue weighted by Gasteiger charge is 2.31. The minimum atomic E-state index is -4.64. The van der Waals surface area contributed by atoms with E-state index in [9.17, 15) is 13.2 Å². The first-order chi connectivity index (χ1) is 8.44. The monoisotopic (exact) mass is 278 g/mol. The maximum Gasteiger partial charge on any atom is 0.573 e. The highest BCUT2D eigenvalue weighted by atomic mass is 35.5. The Morgan fingerprint density at radius 1 is 1.22 bits per heavy atom. The maximum atomic E-state index is 12.1. The molecule has 1 nitrogen and oxygen atoms in total. The molecule has 0 radical (unpaired) electrons. The molecule has 5 heteroatoms. The van der Waals surface area contributed by atoms with E-state index >= 15 is 0 Å². The molecule has 100 valence electrons. The van der Waals surface area contributed by atoms with Crippen molar-refractivity contribution in [1.29, 1.82) is 0 Å². The lowest BCUT2D eigenvalue weighted by Crippen LogP contribution is -2.18. The molecule has 1 saturated carbocycles. The van der Waals surface area contributed by atoms with Crippen LogP contribution in [0.5, 0.6) is 5.75 Å². The normalized spacial score (nSPS) is 24.9. The van der Waals surface area contributed by atoms with Gasteiger partial charge in [0.15, 0.2) is 0 Å². The van der Waals surface area contributed by atoms with Crippen molar-refractivity contribution in [2.24, 2.45) is 0 Å². The predicted molar refractivity (Wildman–Crippen MR) is 64.0 cm³/mol. The Balaban J connectivity index is 2.11. The molecule has 1 aromatic carbocycles. The Labute approximate surface area is 109 Å². The van der Waals surface area contributed by atoms with E-state index in [4.69, 9.17) is 11.6 Å². The minimum Gasteiger partial charge on any atom is -0.406 e. The molecule has 2 rings (SSSR count). The van der Waals surface area contributed by atoms with Crippen LogP contribution in [0.25, 0.3) is 0 Å². The lowest BCUT2D eigenvalue weighted by molar-refractivity contribution is -0.274.